The maximum atomic E-state index is 10.7. The summed E-state index contributed by atoms with van der Waals surface area (Å²) in [5, 5.41) is 15.2. The normalized spacial score (nSPS) is 10.1. The lowest BCUT2D eigenvalue weighted by molar-refractivity contribution is 0.0685. The van der Waals surface area contributed by atoms with Gasteiger partial charge in [-0.3, -0.25) is 0 Å². The van der Waals surface area contributed by atoms with Crippen LogP contribution in [-0.2, 0) is 6.54 Å². The van der Waals surface area contributed by atoms with Crippen molar-refractivity contribution < 1.29 is 23.9 Å². The molecule has 20 heavy (non-hydrogen) atoms. The molecule has 0 saturated heterocycles. The summed E-state index contributed by atoms with van der Waals surface area (Å²) in [5.41, 5.74) is 0.671. The molecule has 0 spiro atoms. The Morgan fingerprint density at radius 3 is 2.65 bits per heavy atom. The monoisotopic (exact) mass is 278 g/mol. The molecule has 106 valence electrons. The van der Waals surface area contributed by atoms with Gasteiger partial charge in [-0.1, -0.05) is 5.16 Å². The van der Waals surface area contributed by atoms with Crippen LogP contribution in [0.15, 0.2) is 28.8 Å². The number of hydrogen-bond donors (Lipinski definition) is 2. The molecule has 0 radical (unpaired) electrons. The Kier molecular flexibility index (Phi) is 4.09. The highest BCUT2D eigenvalue weighted by molar-refractivity contribution is 5.85. The average molecular weight is 278 g/mol. The Bertz CT molecular complexity index is 609. The fourth-order valence-electron chi connectivity index (χ4n) is 1.63. The molecule has 0 atom stereocenters. The minimum atomic E-state index is -1.12. The summed E-state index contributed by atoms with van der Waals surface area (Å²) in [7, 11) is 3.12. The van der Waals surface area contributed by atoms with E-state index >= 15 is 0 Å². The van der Waals surface area contributed by atoms with Crippen molar-refractivity contribution in [3.8, 4) is 11.5 Å². The van der Waals surface area contributed by atoms with Crippen LogP contribution in [0.4, 0.5) is 5.69 Å². The van der Waals surface area contributed by atoms with Crippen LogP contribution >= 0.6 is 0 Å². The maximum Gasteiger partial charge on any atom is 0.358 e. The minimum absolute atomic E-state index is 0.117. The maximum absolute atomic E-state index is 10.7. The number of methoxy groups -OCH3 is 2. The number of nitrogens with zero attached hydrogens (tertiary/aromatic N) is 1. The molecule has 7 heteroatoms. The number of carboxylic acid groups (broad SMARTS) is 1. The third-order valence-electron chi connectivity index (χ3n) is 2.63. The molecule has 2 aromatic rings. The molecule has 0 aliphatic heterocycles. The standard InChI is InChI=1S/C13H14N2O5/c1-18-11-4-3-8(5-12(11)19-2)14-7-9-6-10(13(16)17)15-20-9/h3-6,14H,7H2,1-2H3,(H,16,17). The summed E-state index contributed by atoms with van der Waals surface area (Å²) < 4.78 is 15.2. The number of aromatic nitrogens is 1. The molecule has 0 unspecified atom stereocenters. The number of rotatable bonds is 6. The van der Waals surface area contributed by atoms with Gasteiger partial charge in [0.2, 0.25) is 0 Å². The summed E-state index contributed by atoms with van der Waals surface area (Å²) in [6.07, 6.45) is 0. The zero-order valence-corrected chi connectivity index (χ0v) is 11.0. The van der Waals surface area contributed by atoms with Crippen molar-refractivity contribution in [2.75, 3.05) is 19.5 Å². The molecule has 0 fully saturated rings. The van der Waals surface area contributed by atoms with Gasteiger partial charge in [0.1, 0.15) is 0 Å². The van der Waals surface area contributed by atoms with Crippen LogP contribution in [0.25, 0.3) is 0 Å². The first-order valence-electron chi connectivity index (χ1n) is 5.79. The quantitative estimate of drug-likeness (QED) is 0.834. The molecule has 0 bridgehead atoms. The zero-order chi connectivity index (χ0) is 14.5. The van der Waals surface area contributed by atoms with Crippen molar-refractivity contribution in [3.05, 3.63) is 35.7 Å². The van der Waals surface area contributed by atoms with Gasteiger partial charge in [-0.15, -0.1) is 0 Å². The van der Waals surface area contributed by atoms with Crippen LogP contribution in [-0.4, -0.2) is 30.5 Å². The first-order chi connectivity index (χ1) is 9.63. The van der Waals surface area contributed by atoms with E-state index in [1.807, 2.05) is 6.07 Å². The van der Waals surface area contributed by atoms with Gasteiger partial charge in [0.05, 0.1) is 20.8 Å². The van der Waals surface area contributed by atoms with Gasteiger partial charge < -0.3 is 24.4 Å². The van der Waals surface area contributed by atoms with Gasteiger partial charge in [0.15, 0.2) is 23.0 Å². The number of carboxylic acids is 1. The smallest absolute Gasteiger partial charge is 0.358 e. The molecule has 1 heterocycles. The number of nitrogens with one attached hydrogen (secondary N) is 1. The summed E-state index contributed by atoms with van der Waals surface area (Å²) >= 11 is 0. The van der Waals surface area contributed by atoms with Crippen LogP contribution in [0.5, 0.6) is 11.5 Å². The number of benzene rings is 1. The van der Waals surface area contributed by atoms with E-state index in [0.717, 1.165) is 5.69 Å². The molecule has 7 nitrogen and oxygen atoms in total. The molecule has 2 rings (SSSR count). The molecule has 0 saturated carbocycles. The Balaban J connectivity index is 2.04. The first-order valence-corrected chi connectivity index (χ1v) is 5.79. The van der Waals surface area contributed by atoms with E-state index in [-0.39, 0.29) is 5.69 Å². The lowest BCUT2D eigenvalue weighted by atomic mass is 10.2. The van der Waals surface area contributed by atoms with E-state index in [9.17, 15) is 4.79 Å². The molecular weight excluding hydrogens is 264 g/mol. The SMILES string of the molecule is COc1ccc(NCc2cc(C(=O)O)no2)cc1OC. The van der Waals surface area contributed by atoms with Crippen LogP contribution in [0.2, 0.25) is 0 Å². The van der Waals surface area contributed by atoms with Gasteiger partial charge in [-0.25, -0.2) is 4.79 Å². The molecule has 0 aliphatic rings. The van der Waals surface area contributed by atoms with Crippen molar-refractivity contribution in [1.82, 2.24) is 5.16 Å². The van der Waals surface area contributed by atoms with Crippen molar-refractivity contribution in [2.45, 2.75) is 6.54 Å². The zero-order valence-electron chi connectivity index (χ0n) is 11.0. The first kappa shape index (κ1) is 13.7. The third-order valence-corrected chi connectivity index (χ3v) is 2.63. The topological polar surface area (TPSA) is 93.8 Å². The number of hydrogen-bond acceptors (Lipinski definition) is 6. The predicted octanol–water partition coefficient (Wildman–Crippen LogP) is 2.00. The van der Waals surface area contributed by atoms with E-state index in [4.69, 9.17) is 19.1 Å². The van der Waals surface area contributed by atoms with Crippen molar-refractivity contribution >= 4 is 11.7 Å². The van der Waals surface area contributed by atoms with Crippen molar-refractivity contribution in [1.29, 1.82) is 0 Å². The Hall–Kier alpha value is -2.70. The second kappa shape index (κ2) is 5.96. The number of carbonyl (C=O) groups is 1. The van der Waals surface area contributed by atoms with Gasteiger partial charge >= 0.3 is 5.97 Å². The van der Waals surface area contributed by atoms with Crippen molar-refractivity contribution in [2.24, 2.45) is 0 Å². The van der Waals surface area contributed by atoms with Crippen LogP contribution < -0.4 is 14.8 Å². The summed E-state index contributed by atoms with van der Waals surface area (Å²) in [6.45, 7) is 0.315. The molecule has 2 N–H and O–H groups in total. The molecule has 1 aromatic carbocycles. The Labute approximate surface area is 115 Å². The summed E-state index contributed by atoms with van der Waals surface area (Å²) in [5.74, 6) is 0.537. The van der Waals surface area contributed by atoms with Crippen LogP contribution in [0.1, 0.15) is 16.2 Å². The van der Waals surface area contributed by atoms with E-state index in [0.29, 0.717) is 23.8 Å². The third kappa shape index (κ3) is 3.00. The highest BCUT2D eigenvalue weighted by Gasteiger charge is 2.10. The van der Waals surface area contributed by atoms with Crippen LogP contribution in [0, 0.1) is 0 Å². The second-order valence-electron chi connectivity index (χ2n) is 3.91. The van der Waals surface area contributed by atoms with Crippen molar-refractivity contribution in [3.63, 3.8) is 0 Å². The van der Waals surface area contributed by atoms with E-state index in [2.05, 4.69) is 10.5 Å². The molecule has 0 amide bonds. The lowest BCUT2D eigenvalue weighted by Gasteiger charge is -2.10. The highest BCUT2D eigenvalue weighted by atomic mass is 16.5. The van der Waals surface area contributed by atoms with Gasteiger partial charge in [0, 0.05) is 17.8 Å². The average Bonchev–Trinajstić information content (AvgIpc) is 2.94. The second-order valence-corrected chi connectivity index (χ2v) is 3.91. The van der Waals surface area contributed by atoms with Crippen LogP contribution in [0.3, 0.4) is 0 Å². The predicted molar refractivity (Wildman–Crippen MR) is 70.3 cm³/mol. The van der Waals surface area contributed by atoms with E-state index in [1.54, 1.807) is 26.4 Å². The number of aromatic carboxylic acids is 1. The molecular formula is C13H14N2O5. The van der Waals surface area contributed by atoms with E-state index in [1.165, 1.54) is 6.07 Å². The van der Waals surface area contributed by atoms with Gasteiger partial charge in [0.25, 0.3) is 0 Å². The number of anilines is 1. The molecule has 1 aromatic heterocycles. The molecule has 0 aliphatic carbocycles. The Morgan fingerprint density at radius 1 is 1.30 bits per heavy atom. The fourth-order valence-corrected chi connectivity index (χ4v) is 1.63. The lowest BCUT2D eigenvalue weighted by Crippen LogP contribution is -1.99. The largest absolute Gasteiger partial charge is 0.493 e. The minimum Gasteiger partial charge on any atom is -0.493 e. The highest BCUT2D eigenvalue weighted by Crippen LogP contribution is 2.29. The fraction of sp³-hybridized carbons (Fsp3) is 0.231. The summed E-state index contributed by atoms with van der Waals surface area (Å²) in [6, 6.07) is 6.73. The van der Waals surface area contributed by atoms with E-state index < -0.39 is 5.97 Å². The summed E-state index contributed by atoms with van der Waals surface area (Å²) in [4.78, 5) is 10.7. The Morgan fingerprint density at radius 2 is 2.05 bits per heavy atom. The van der Waals surface area contributed by atoms with Gasteiger partial charge in [-0.2, -0.15) is 0 Å². The van der Waals surface area contributed by atoms with Gasteiger partial charge in [-0.05, 0) is 12.1 Å². The number of ether oxygens (including phenoxy) is 2.